The van der Waals surface area contributed by atoms with Crippen molar-refractivity contribution in [1.29, 1.82) is 0 Å². The van der Waals surface area contributed by atoms with E-state index in [1.54, 1.807) is 0 Å². The summed E-state index contributed by atoms with van der Waals surface area (Å²) in [7, 11) is 1.93. The molecule has 4 N–H and O–H groups in total. The van der Waals surface area contributed by atoms with Crippen molar-refractivity contribution < 1.29 is 9.59 Å². The Labute approximate surface area is 129 Å². The molecule has 0 bridgehead atoms. The molecule has 1 aromatic heterocycles. The highest BCUT2D eigenvalue weighted by Gasteiger charge is 2.28. The molecule has 0 spiro atoms. The molecule has 1 aromatic rings. The molecule has 0 saturated heterocycles. The largest absolute Gasteiger partial charge is 0.397 e. The molecular formula is C15H23N3O2S. The maximum atomic E-state index is 12.2. The Morgan fingerprint density at radius 2 is 2.00 bits per heavy atom. The molecule has 0 unspecified atom stereocenters. The first-order valence-electron chi connectivity index (χ1n) is 7.30. The molecule has 0 atom stereocenters. The third kappa shape index (κ3) is 3.05. The lowest BCUT2D eigenvalue weighted by atomic mass is 9.85. The molecule has 2 rings (SSSR count). The number of hydrogen-bond donors (Lipinski definition) is 2. The Bertz CT molecular complexity index is 562. The van der Waals surface area contributed by atoms with E-state index in [2.05, 4.69) is 0 Å². The van der Waals surface area contributed by atoms with Crippen LogP contribution in [0.15, 0.2) is 0 Å². The Hall–Kier alpha value is -1.56. The lowest BCUT2D eigenvalue weighted by Crippen LogP contribution is -2.30. The number of Topliss-reactive ketones (excluding diaryl/α,β-unsaturated/α-hetero) is 1. The van der Waals surface area contributed by atoms with Gasteiger partial charge in [-0.25, -0.2) is 0 Å². The maximum Gasteiger partial charge on any atom is 0.253 e. The monoisotopic (exact) mass is 309 g/mol. The van der Waals surface area contributed by atoms with Crippen molar-refractivity contribution in [1.82, 2.24) is 0 Å². The van der Waals surface area contributed by atoms with Gasteiger partial charge in [-0.15, -0.1) is 11.3 Å². The molecule has 1 fully saturated rings. The summed E-state index contributed by atoms with van der Waals surface area (Å²) in [5.74, 6) is -0.106. The second-order valence-electron chi connectivity index (χ2n) is 6.09. The lowest BCUT2D eigenvalue weighted by molar-refractivity contribution is 0.0944. The fourth-order valence-corrected chi connectivity index (χ4v) is 3.81. The van der Waals surface area contributed by atoms with Crippen LogP contribution in [-0.2, 0) is 0 Å². The quantitative estimate of drug-likeness (QED) is 0.790. The number of ketones is 1. The second kappa shape index (κ2) is 6.05. The number of nitrogen functional groups attached to an aromatic ring is 1. The predicted molar refractivity (Wildman–Crippen MR) is 87.0 cm³/mol. The Kier molecular flexibility index (Phi) is 4.56. The van der Waals surface area contributed by atoms with Crippen molar-refractivity contribution in [2.24, 2.45) is 17.6 Å². The highest BCUT2D eigenvalue weighted by Crippen LogP contribution is 2.40. The van der Waals surface area contributed by atoms with E-state index in [1.807, 2.05) is 25.8 Å². The normalized spacial score (nSPS) is 15.0. The van der Waals surface area contributed by atoms with Crippen LogP contribution in [0.2, 0.25) is 0 Å². The molecule has 116 valence electrons. The fourth-order valence-electron chi connectivity index (χ4n) is 2.53. The van der Waals surface area contributed by atoms with Crippen molar-refractivity contribution >= 4 is 33.7 Å². The summed E-state index contributed by atoms with van der Waals surface area (Å²) in [5.41, 5.74) is 12.0. The van der Waals surface area contributed by atoms with Crippen LogP contribution in [0.1, 0.15) is 53.1 Å². The molecule has 1 aliphatic rings. The topological polar surface area (TPSA) is 89.4 Å². The van der Waals surface area contributed by atoms with Gasteiger partial charge in [-0.3, -0.25) is 9.59 Å². The number of nitrogens with zero attached hydrogens (tertiary/aromatic N) is 1. The smallest absolute Gasteiger partial charge is 0.253 e. The number of anilines is 2. The van der Waals surface area contributed by atoms with Crippen molar-refractivity contribution in [3.63, 3.8) is 0 Å². The van der Waals surface area contributed by atoms with Gasteiger partial charge in [0.25, 0.3) is 5.91 Å². The van der Waals surface area contributed by atoms with Crippen molar-refractivity contribution in [3.8, 4) is 0 Å². The molecule has 1 aliphatic carbocycles. The summed E-state index contributed by atoms with van der Waals surface area (Å²) in [6, 6.07) is 0. The predicted octanol–water partition coefficient (Wildman–Crippen LogP) is 2.50. The van der Waals surface area contributed by atoms with E-state index < -0.39 is 5.91 Å². The SMILES string of the molecule is CC(C)C(=O)c1sc(N(C)CC2CCC2)c(C(N)=O)c1N. The summed E-state index contributed by atoms with van der Waals surface area (Å²) in [5, 5.41) is 0.718. The number of hydrogen-bond acceptors (Lipinski definition) is 5. The first-order chi connectivity index (χ1) is 9.82. The number of carbonyl (C=O) groups excluding carboxylic acids is 2. The van der Waals surface area contributed by atoms with E-state index in [4.69, 9.17) is 11.5 Å². The van der Waals surface area contributed by atoms with Crippen LogP contribution in [0.3, 0.4) is 0 Å². The van der Waals surface area contributed by atoms with Gasteiger partial charge in [0.15, 0.2) is 5.78 Å². The minimum absolute atomic E-state index is 0.0386. The average Bonchev–Trinajstić information content (AvgIpc) is 2.70. The van der Waals surface area contributed by atoms with Gasteiger partial charge in [-0.2, -0.15) is 0 Å². The zero-order chi connectivity index (χ0) is 15.7. The van der Waals surface area contributed by atoms with Gasteiger partial charge in [0.2, 0.25) is 0 Å². The van der Waals surface area contributed by atoms with Gasteiger partial charge in [0.1, 0.15) is 5.00 Å². The number of carbonyl (C=O) groups is 2. The number of rotatable bonds is 6. The molecule has 6 heteroatoms. The molecule has 1 heterocycles. The zero-order valence-corrected chi connectivity index (χ0v) is 13.6. The average molecular weight is 309 g/mol. The molecule has 21 heavy (non-hydrogen) atoms. The van der Waals surface area contributed by atoms with Crippen molar-refractivity contribution in [2.75, 3.05) is 24.2 Å². The van der Waals surface area contributed by atoms with E-state index in [0.717, 1.165) is 11.5 Å². The number of primary amides is 1. The number of nitrogens with two attached hydrogens (primary N) is 2. The standard InChI is InChI=1S/C15H23N3O2S/c1-8(2)12(19)13-11(16)10(14(17)20)15(21-13)18(3)7-9-5-4-6-9/h8-9H,4-7,16H2,1-3H3,(H2,17,20). The molecular weight excluding hydrogens is 286 g/mol. The Balaban J connectivity index is 2.36. The fraction of sp³-hybridized carbons (Fsp3) is 0.600. The first-order valence-corrected chi connectivity index (χ1v) is 8.12. The van der Waals surface area contributed by atoms with E-state index in [9.17, 15) is 9.59 Å². The third-order valence-electron chi connectivity index (χ3n) is 4.02. The van der Waals surface area contributed by atoms with Gasteiger partial charge in [0.05, 0.1) is 16.1 Å². The molecule has 0 radical (unpaired) electrons. The third-order valence-corrected chi connectivity index (χ3v) is 5.36. The summed E-state index contributed by atoms with van der Waals surface area (Å²) in [4.78, 5) is 26.4. The van der Waals surface area contributed by atoms with Crippen LogP contribution in [0, 0.1) is 11.8 Å². The first kappa shape index (κ1) is 15.8. The van der Waals surface area contributed by atoms with Gasteiger partial charge in [-0.05, 0) is 18.8 Å². The molecule has 0 aliphatic heterocycles. The van der Waals surface area contributed by atoms with Crippen LogP contribution >= 0.6 is 11.3 Å². The van der Waals surface area contributed by atoms with Gasteiger partial charge in [0, 0.05) is 19.5 Å². The van der Waals surface area contributed by atoms with Crippen molar-refractivity contribution in [2.45, 2.75) is 33.1 Å². The molecule has 1 saturated carbocycles. The number of thiophene rings is 1. The Morgan fingerprint density at radius 1 is 1.38 bits per heavy atom. The summed E-state index contributed by atoms with van der Waals surface area (Å²) < 4.78 is 0. The van der Waals surface area contributed by atoms with E-state index in [1.165, 1.54) is 30.6 Å². The van der Waals surface area contributed by atoms with E-state index in [-0.39, 0.29) is 17.4 Å². The summed E-state index contributed by atoms with van der Waals surface area (Å²) in [6.45, 7) is 4.52. The van der Waals surface area contributed by atoms with Gasteiger partial charge < -0.3 is 16.4 Å². The van der Waals surface area contributed by atoms with Crippen LogP contribution in [0.5, 0.6) is 0 Å². The zero-order valence-electron chi connectivity index (χ0n) is 12.8. The highest BCUT2D eigenvalue weighted by atomic mass is 32.1. The van der Waals surface area contributed by atoms with Crippen molar-refractivity contribution in [3.05, 3.63) is 10.4 Å². The summed E-state index contributed by atoms with van der Waals surface area (Å²) in [6.07, 6.45) is 3.70. The number of amides is 1. The van der Waals surface area contributed by atoms with Crippen LogP contribution in [-0.4, -0.2) is 25.3 Å². The molecule has 1 amide bonds. The van der Waals surface area contributed by atoms with E-state index >= 15 is 0 Å². The Morgan fingerprint density at radius 3 is 2.43 bits per heavy atom. The molecule has 5 nitrogen and oxygen atoms in total. The van der Waals surface area contributed by atoms with Gasteiger partial charge >= 0.3 is 0 Å². The minimum atomic E-state index is -0.568. The highest BCUT2D eigenvalue weighted by molar-refractivity contribution is 7.19. The van der Waals surface area contributed by atoms with Crippen LogP contribution in [0.25, 0.3) is 0 Å². The van der Waals surface area contributed by atoms with Crippen LogP contribution < -0.4 is 16.4 Å². The maximum absolute atomic E-state index is 12.2. The summed E-state index contributed by atoms with van der Waals surface area (Å²) >= 11 is 1.29. The minimum Gasteiger partial charge on any atom is -0.397 e. The lowest BCUT2D eigenvalue weighted by Gasteiger charge is -2.30. The second-order valence-corrected chi connectivity index (χ2v) is 7.08. The molecule has 0 aromatic carbocycles. The van der Waals surface area contributed by atoms with Gasteiger partial charge in [-0.1, -0.05) is 20.3 Å². The van der Waals surface area contributed by atoms with E-state index in [0.29, 0.717) is 16.4 Å². The van der Waals surface area contributed by atoms with Crippen LogP contribution in [0.4, 0.5) is 10.7 Å².